The fourth-order valence-corrected chi connectivity index (χ4v) is 4.75. The van der Waals surface area contributed by atoms with Crippen LogP contribution in [-0.4, -0.2) is 50.8 Å². The molecular weight excluding hydrogens is 571 g/mol. The van der Waals surface area contributed by atoms with E-state index in [1.807, 2.05) is 35.8 Å². The number of halogens is 2. The Morgan fingerprint density at radius 1 is 1.20 bits per heavy atom. The third-order valence-corrected chi connectivity index (χ3v) is 7.26. The number of hydrogen-bond donors (Lipinski definition) is 2. The van der Waals surface area contributed by atoms with Gasteiger partial charge in [-0.05, 0) is 54.9 Å². The average Bonchev–Trinajstić information content (AvgIpc) is 3.36. The Labute approximate surface area is 249 Å². The van der Waals surface area contributed by atoms with Gasteiger partial charge < -0.3 is 14.6 Å². The Morgan fingerprint density at radius 2 is 1.95 bits per heavy atom. The number of thiocarbonyl (C=S) groups is 1. The molecule has 0 unspecified atom stereocenters. The van der Waals surface area contributed by atoms with Gasteiger partial charge in [0.2, 0.25) is 5.91 Å². The van der Waals surface area contributed by atoms with Gasteiger partial charge >= 0.3 is 6.09 Å². The molecule has 0 radical (unpaired) electrons. The van der Waals surface area contributed by atoms with Crippen molar-refractivity contribution in [2.45, 2.75) is 45.8 Å². The predicted octanol–water partition coefficient (Wildman–Crippen LogP) is 5.08. The van der Waals surface area contributed by atoms with E-state index in [2.05, 4.69) is 21.7 Å². The molecule has 9 nitrogen and oxygen atoms in total. The van der Waals surface area contributed by atoms with Crippen LogP contribution in [0.5, 0.6) is 0 Å². The molecule has 0 aliphatic carbocycles. The SMILES string of the molecule is CCOC(=O)NC(=S)N(C(=O)Cc1cncn1Cc1ccc(C#N)cc1)[C@@H](CC)CNCc1cccc(Cl)c1Cl. The van der Waals surface area contributed by atoms with E-state index in [1.165, 1.54) is 4.90 Å². The van der Waals surface area contributed by atoms with Crippen LogP contribution < -0.4 is 10.6 Å². The maximum Gasteiger partial charge on any atom is 0.413 e. The molecule has 0 bridgehead atoms. The van der Waals surface area contributed by atoms with Crippen molar-refractivity contribution in [3.8, 4) is 6.07 Å². The second-order valence-electron chi connectivity index (χ2n) is 8.82. The lowest BCUT2D eigenvalue weighted by atomic mass is 10.1. The van der Waals surface area contributed by atoms with Crippen LogP contribution in [0, 0.1) is 11.3 Å². The van der Waals surface area contributed by atoms with Crippen molar-refractivity contribution < 1.29 is 14.3 Å². The molecule has 40 heavy (non-hydrogen) atoms. The monoisotopic (exact) mass is 600 g/mol. The maximum atomic E-state index is 13.7. The molecule has 0 saturated carbocycles. The van der Waals surface area contributed by atoms with Crippen LogP contribution in [0.2, 0.25) is 10.0 Å². The lowest BCUT2D eigenvalue weighted by molar-refractivity contribution is -0.128. The summed E-state index contributed by atoms with van der Waals surface area (Å²) in [4.78, 5) is 31.5. The summed E-state index contributed by atoms with van der Waals surface area (Å²) in [5.74, 6) is -0.308. The number of carbonyl (C=O) groups excluding carboxylic acids is 2. The molecule has 0 aliphatic rings. The molecule has 3 rings (SSSR count). The van der Waals surface area contributed by atoms with Crippen molar-refractivity contribution >= 4 is 52.5 Å². The number of benzene rings is 2. The second kappa shape index (κ2) is 15.3. The van der Waals surface area contributed by atoms with Gasteiger partial charge in [-0.1, -0.05) is 54.4 Å². The molecule has 3 aromatic rings. The fourth-order valence-electron chi connectivity index (χ4n) is 4.03. The van der Waals surface area contributed by atoms with Gasteiger partial charge in [-0.2, -0.15) is 5.26 Å². The van der Waals surface area contributed by atoms with E-state index in [0.717, 1.165) is 11.1 Å². The molecule has 2 amide bonds. The van der Waals surface area contributed by atoms with Crippen LogP contribution in [0.25, 0.3) is 0 Å². The highest BCUT2D eigenvalue weighted by atomic mass is 35.5. The fraction of sp³-hybridized carbons (Fsp3) is 0.321. The normalized spacial score (nSPS) is 11.4. The standard InChI is InChI=1S/C28H30Cl2N6O3S/c1-3-22(15-32-14-21-6-5-7-24(29)26(21)30)36(27(40)34-28(38)39-4-2)25(37)12-23-16-33-18-35(23)17-20-10-8-19(13-31)9-11-20/h5-11,16,18,22,32H,3-4,12,14-15,17H2,1-2H3,(H,34,38,40)/t22-/m0/s1. The Morgan fingerprint density at radius 3 is 2.62 bits per heavy atom. The number of ether oxygens (including phenoxy) is 1. The van der Waals surface area contributed by atoms with Gasteiger partial charge in [0.25, 0.3) is 0 Å². The van der Waals surface area contributed by atoms with E-state index in [0.29, 0.717) is 47.4 Å². The topological polar surface area (TPSA) is 112 Å². The van der Waals surface area contributed by atoms with Crippen molar-refractivity contribution in [3.63, 3.8) is 0 Å². The third kappa shape index (κ3) is 8.50. The number of amides is 2. The van der Waals surface area contributed by atoms with Crippen molar-refractivity contribution in [1.29, 1.82) is 5.26 Å². The number of aromatic nitrogens is 2. The van der Waals surface area contributed by atoms with Crippen LogP contribution in [0.4, 0.5) is 4.79 Å². The molecule has 2 N–H and O–H groups in total. The molecule has 0 spiro atoms. The minimum atomic E-state index is -0.732. The van der Waals surface area contributed by atoms with Crippen LogP contribution in [0.1, 0.15) is 42.7 Å². The smallest absolute Gasteiger partial charge is 0.413 e. The summed E-state index contributed by atoms with van der Waals surface area (Å²) in [6.45, 7) is 5.05. The van der Waals surface area contributed by atoms with Crippen LogP contribution in [0.15, 0.2) is 55.0 Å². The summed E-state index contributed by atoms with van der Waals surface area (Å²) in [7, 11) is 0. The van der Waals surface area contributed by atoms with E-state index < -0.39 is 6.09 Å². The first-order valence-corrected chi connectivity index (χ1v) is 13.8. The number of rotatable bonds is 11. The van der Waals surface area contributed by atoms with Gasteiger partial charge in [0, 0.05) is 31.5 Å². The van der Waals surface area contributed by atoms with Crippen LogP contribution >= 0.6 is 35.4 Å². The number of imidazole rings is 1. The lowest BCUT2D eigenvalue weighted by Gasteiger charge is -2.31. The van der Waals surface area contributed by atoms with Crippen molar-refractivity contribution in [2.24, 2.45) is 0 Å². The summed E-state index contributed by atoms with van der Waals surface area (Å²) < 4.78 is 6.84. The minimum absolute atomic E-state index is 0.00243. The molecule has 1 atom stereocenters. The van der Waals surface area contributed by atoms with E-state index in [1.54, 1.807) is 37.6 Å². The zero-order chi connectivity index (χ0) is 29.1. The number of nitriles is 1. The first-order valence-electron chi connectivity index (χ1n) is 12.7. The van der Waals surface area contributed by atoms with E-state index >= 15 is 0 Å². The second-order valence-corrected chi connectivity index (χ2v) is 9.99. The highest BCUT2D eigenvalue weighted by Crippen LogP contribution is 2.25. The predicted molar refractivity (Wildman–Crippen MR) is 158 cm³/mol. The number of nitrogens with zero attached hydrogens (tertiary/aromatic N) is 4. The maximum absolute atomic E-state index is 13.7. The number of carbonyl (C=O) groups is 2. The van der Waals surface area contributed by atoms with E-state index in [-0.39, 0.29) is 30.1 Å². The van der Waals surface area contributed by atoms with Gasteiger partial charge in [0.15, 0.2) is 5.11 Å². The van der Waals surface area contributed by atoms with Gasteiger partial charge in [-0.3, -0.25) is 15.0 Å². The Bertz CT molecular complexity index is 1370. The molecular formula is C28H30Cl2N6O3S. The zero-order valence-corrected chi connectivity index (χ0v) is 24.5. The van der Waals surface area contributed by atoms with E-state index in [9.17, 15) is 9.59 Å². The number of alkyl carbamates (subject to hydrolysis) is 1. The summed E-state index contributed by atoms with van der Waals surface area (Å²) in [5.41, 5.74) is 3.02. The van der Waals surface area contributed by atoms with Crippen LogP contribution in [0.3, 0.4) is 0 Å². The zero-order valence-electron chi connectivity index (χ0n) is 22.2. The quantitative estimate of drug-likeness (QED) is 0.295. The molecule has 1 heterocycles. The average molecular weight is 602 g/mol. The van der Waals surface area contributed by atoms with E-state index in [4.69, 9.17) is 45.4 Å². The minimum Gasteiger partial charge on any atom is -0.450 e. The Balaban J connectivity index is 1.77. The molecule has 2 aromatic carbocycles. The summed E-state index contributed by atoms with van der Waals surface area (Å²) in [6.07, 6.45) is 3.09. The first-order chi connectivity index (χ1) is 19.3. The number of hydrogen-bond acceptors (Lipinski definition) is 7. The Hall–Kier alpha value is -3.49. The third-order valence-electron chi connectivity index (χ3n) is 6.10. The highest BCUT2D eigenvalue weighted by Gasteiger charge is 2.28. The summed E-state index contributed by atoms with van der Waals surface area (Å²) in [6, 6.07) is 14.3. The van der Waals surface area contributed by atoms with Crippen LogP contribution in [-0.2, 0) is 29.0 Å². The summed E-state index contributed by atoms with van der Waals surface area (Å²) in [5, 5.41) is 15.8. The molecule has 12 heteroatoms. The molecule has 1 aromatic heterocycles. The van der Waals surface area contributed by atoms with Crippen molar-refractivity contribution in [1.82, 2.24) is 25.1 Å². The largest absolute Gasteiger partial charge is 0.450 e. The first kappa shape index (κ1) is 31.0. The molecule has 0 aliphatic heterocycles. The highest BCUT2D eigenvalue weighted by molar-refractivity contribution is 7.80. The van der Waals surface area contributed by atoms with Gasteiger partial charge in [-0.25, -0.2) is 9.78 Å². The van der Waals surface area contributed by atoms with Gasteiger partial charge in [0.1, 0.15) is 0 Å². The number of nitrogens with one attached hydrogen (secondary N) is 2. The lowest BCUT2D eigenvalue weighted by Crippen LogP contribution is -2.54. The Kier molecular flexibility index (Phi) is 11.9. The molecule has 210 valence electrons. The molecule has 0 fully saturated rings. The van der Waals surface area contributed by atoms with Gasteiger partial charge in [0.05, 0.1) is 47.1 Å². The van der Waals surface area contributed by atoms with Crippen molar-refractivity contribution in [3.05, 3.63) is 87.4 Å². The molecule has 0 saturated heterocycles. The summed E-state index contributed by atoms with van der Waals surface area (Å²) >= 11 is 18.0. The van der Waals surface area contributed by atoms with Gasteiger partial charge in [-0.15, -0.1) is 0 Å². The van der Waals surface area contributed by atoms with Crippen molar-refractivity contribution in [2.75, 3.05) is 13.2 Å².